The average Bonchev–Trinajstić information content (AvgIpc) is 3.00. The molecule has 0 amide bonds. The molecule has 0 aliphatic rings. The van der Waals surface area contributed by atoms with Crippen LogP contribution in [0.3, 0.4) is 0 Å². The number of benzene rings is 1. The van der Waals surface area contributed by atoms with Gasteiger partial charge in [-0.3, -0.25) is 9.67 Å². The molecular weight excluding hydrogens is 331 g/mol. The zero-order valence-corrected chi connectivity index (χ0v) is 13.6. The molecule has 0 aliphatic heterocycles. The first-order valence-electron chi connectivity index (χ1n) is 7.14. The first-order valence-corrected chi connectivity index (χ1v) is 8.62. The molecule has 124 valence electrons. The van der Waals surface area contributed by atoms with Crippen molar-refractivity contribution >= 4 is 10.0 Å². The Labute approximate surface area is 139 Å². The Kier molecular flexibility index (Phi) is 4.41. The van der Waals surface area contributed by atoms with Crippen LogP contribution in [-0.2, 0) is 17.1 Å². The van der Waals surface area contributed by atoms with Gasteiger partial charge in [0.15, 0.2) is 5.03 Å². The summed E-state index contributed by atoms with van der Waals surface area (Å²) in [7, 11) is -2.33. The van der Waals surface area contributed by atoms with E-state index in [4.69, 9.17) is 0 Å². The fourth-order valence-electron chi connectivity index (χ4n) is 2.37. The van der Waals surface area contributed by atoms with Crippen LogP contribution in [0.5, 0.6) is 0 Å². The van der Waals surface area contributed by atoms with Crippen LogP contribution in [0, 0.1) is 5.82 Å². The van der Waals surface area contributed by atoms with Crippen molar-refractivity contribution in [1.29, 1.82) is 0 Å². The lowest BCUT2D eigenvalue weighted by Gasteiger charge is -2.19. The highest BCUT2D eigenvalue weighted by atomic mass is 32.2. The van der Waals surface area contributed by atoms with Gasteiger partial charge in [-0.05, 0) is 35.9 Å². The van der Waals surface area contributed by atoms with Gasteiger partial charge in [0.05, 0.1) is 17.9 Å². The van der Waals surface area contributed by atoms with E-state index in [2.05, 4.69) is 14.8 Å². The molecule has 0 unspecified atom stereocenters. The highest BCUT2D eigenvalue weighted by molar-refractivity contribution is 7.89. The van der Waals surface area contributed by atoms with Crippen LogP contribution in [0.4, 0.5) is 4.39 Å². The van der Waals surface area contributed by atoms with Crippen LogP contribution in [0.25, 0.3) is 0 Å². The summed E-state index contributed by atoms with van der Waals surface area (Å²) in [6, 6.07) is 11.5. The van der Waals surface area contributed by atoms with E-state index in [0.717, 1.165) is 0 Å². The smallest absolute Gasteiger partial charge is 0.258 e. The lowest BCUT2D eigenvalue weighted by molar-refractivity contribution is 0.551. The molecule has 24 heavy (non-hydrogen) atoms. The largest absolute Gasteiger partial charge is 0.259 e. The SMILES string of the molecule is Cn1nccc1S(=O)(=O)N[C@H](c1cccc(F)c1)c1ccccn1. The maximum Gasteiger partial charge on any atom is 0.258 e. The molecule has 0 saturated carbocycles. The Hall–Kier alpha value is -2.58. The van der Waals surface area contributed by atoms with Crippen molar-refractivity contribution in [2.24, 2.45) is 7.05 Å². The minimum Gasteiger partial charge on any atom is -0.259 e. The van der Waals surface area contributed by atoms with Gasteiger partial charge in [0, 0.05) is 13.2 Å². The molecule has 0 bridgehead atoms. The van der Waals surface area contributed by atoms with Gasteiger partial charge in [0.25, 0.3) is 10.0 Å². The number of rotatable bonds is 5. The van der Waals surface area contributed by atoms with Crippen LogP contribution < -0.4 is 4.72 Å². The lowest BCUT2D eigenvalue weighted by Crippen LogP contribution is -2.31. The normalized spacial score (nSPS) is 12.9. The topological polar surface area (TPSA) is 76.9 Å². The van der Waals surface area contributed by atoms with E-state index in [9.17, 15) is 12.8 Å². The van der Waals surface area contributed by atoms with Crippen LogP contribution in [0.2, 0.25) is 0 Å². The third-order valence-corrected chi connectivity index (χ3v) is 4.99. The van der Waals surface area contributed by atoms with Crippen LogP contribution in [0.15, 0.2) is 66.0 Å². The van der Waals surface area contributed by atoms with Crippen LogP contribution in [-0.4, -0.2) is 23.2 Å². The molecule has 1 N–H and O–H groups in total. The molecule has 6 nitrogen and oxygen atoms in total. The Morgan fingerprint density at radius 2 is 1.96 bits per heavy atom. The predicted molar refractivity (Wildman–Crippen MR) is 86.0 cm³/mol. The van der Waals surface area contributed by atoms with E-state index in [-0.39, 0.29) is 5.03 Å². The molecule has 0 saturated heterocycles. The van der Waals surface area contributed by atoms with Crippen molar-refractivity contribution in [3.8, 4) is 0 Å². The standard InChI is InChI=1S/C16H15FN4O2S/c1-21-15(8-10-19-21)24(22,23)20-16(14-7-2-3-9-18-14)12-5-4-6-13(17)11-12/h2-11,16,20H,1H3/t16-/m1/s1. The lowest BCUT2D eigenvalue weighted by atomic mass is 10.0. The number of nitrogens with zero attached hydrogens (tertiary/aromatic N) is 3. The maximum atomic E-state index is 13.6. The van der Waals surface area contributed by atoms with Gasteiger partial charge < -0.3 is 0 Å². The number of aromatic nitrogens is 3. The zero-order chi connectivity index (χ0) is 17.2. The van der Waals surface area contributed by atoms with E-state index in [1.165, 1.54) is 42.2 Å². The van der Waals surface area contributed by atoms with Crippen molar-refractivity contribution in [2.75, 3.05) is 0 Å². The highest BCUT2D eigenvalue weighted by Gasteiger charge is 2.26. The Balaban J connectivity index is 2.05. The summed E-state index contributed by atoms with van der Waals surface area (Å²) in [5.41, 5.74) is 0.924. The summed E-state index contributed by atoms with van der Waals surface area (Å²) >= 11 is 0. The van der Waals surface area contributed by atoms with Crippen molar-refractivity contribution in [3.05, 3.63) is 78.0 Å². The molecule has 1 aromatic carbocycles. The third-order valence-electron chi connectivity index (χ3n) is 3.49. The summed E-state index contributed by atoms with van der Waals surface area (Å²) in [6.07, 6.45) is 2.95. The molecular formula is C16H15FN4O2S. The van der Waals surface area contributed by atoms with Crippen LogP contribution in [0.1, 0.15) is 17.3 Å². The quantitative estimate of drug-likeness (QED) is 0.767. The number of sulfonamides is 1. The van der Waals surface area contributed by atoms with Crippen molar-refractivity contribution in [3.63, 3.8) is 0 Å². The summed E-state index contributed by atoms with van der Waals surface area (Å²) in [5, 5.41) is 3.89. The molecule has 8 heteroatoms. The molecule has 2 heterocycles. The molecule has 3 rings (SSSR count). The average molecular weight is 346 g/mol. The Morgan fingerprint density at radius 1 is 1.12 bits per heavy atom. The summed E-state index contributed by atoms with van der Waals surface area (Å²) < 4.78 is 42.8. The second-order valence-corrected chi connectivity index (χ2v) is 6.82. The number of pyridine rings is 1. The second-order valence-electron chi connectivity index (χ2n) is 5.16. The van der Waals surface area contributed by atoms with Crippen molar-refractivity contribution in [1.82, 2.24) is 19.5 Å². The first kappa shape index (κ1) is 16.3. The number of nitrogens with one attached hydrogen (secondary N) is 1. The fraction of sp³-hybridized carbons (Fsp3) is 0.125. The van der Waals surface area contributed by atoms with Gasteiger partial charge in [-0.25, -0.2) is 12.8 Å². The number of hydrogen-bond donors (Lipinski definition) is 1. The van der Waals surface area contributed by atoms with E-state index < -0.39 is 21.9 Å². The van der Waals surface area contributed by atoms with E-state index >= 15 is 0 Å². The van der Waals surface area contributed by atoms with Gasteiger partial charge in [0.2, 0.25) is 0 Å². The second kappa shape index (κ2) is 6.50. The fourth-order valence-corrected chi connectivity index (χ4v) is 3.70. The molecule has 0 spiro atoms. The minimum absolute atomic E-state index is 0.0137. The summed E-state index contributed by atoms with van der Waals surface area (Å²) in [6.45, 7) is 0. The Bertz CT molecular complexity index is 941. The highest BCUT2D eigenvalue weighted by Crippen LogP contribution is 2.23. The molecule has 3 aromatic rings. The van der Waals surface area contributed by atoms with Crippen molar-refractivity contribution in [2.45, 2.75) is 11.1 Å². The minimum atomic E-state index is -3.87. The number of hydrogen-bond acceptors (Lipinski definition) is 4. The van der Waals surface area contributed by atoms with Gasteiger partial charge >= 0.3 is 0 Å². The molecule has 2 aromatic heterocycles. The molecule has 0 aliphatic carbocycles. The van der Waals surface area contributed by atoms with Gasteiger partial charge in [-0.1, -0.05) is 18.2 Å². The summed E-state index contributed by atoms with van der Waals surface area (Å²) in [4.78, 5) is 4.20. The molecule has 0 fully saturated rings. The zero-order valence-electron chi connectivity index (χ0n) is 12.8. The van der Waals surface area contributed by atoms with Gasteiger partial charge in [0.1, 0.15) is 5.82 Å². The first-order chi connectivity index (χ1) is 11.5. The van der Waals surface area contributed by atoms with E-state index in [1.807, 2.05) is 0 Å². The van der Waals surface area contributed by atoms with E-state index in [0.29, 0.717) is 11.3 Å². The van der Waals surface area contributed by atoms with E-state index in [1.54, 1.807) is 30.5 Å². The molecule has 1 atom stereocenters. The Morgan fingerprint density at radius 3 is 2.58 bits per heavy atom. The van der Waals surface area contributed by atoms with Crippen LogP contribution >= 0.6 is 0 Å². The molecule has 0 radical (unpaired) electrons. The third kappa shape index (κ3) is 3.34. The van der Waals surface area contributed by atoms with Gasteiger partial charge in [-0.15, -0.1) is 0 Å². The van der Waals surface area contributed by atoms with Crippen molar-refractivity contribution < 1.29 is 12.8 Å². The predicted octanol–water partition coefficient (Wildman–Crippen LogP) is 2.02. The van der Waals surface area contributed by atoms with Gasteiger partial charge in [-0.2, -0.15) is 9.82 Å². The number of halogens is 1. The monoisotopic (exact) mass is 346 g/mol. The maximum absolute atomic E-state index is 13.6. The number of aryl methyl sites for hydroxylation is 1. The summed E-state index contributed by atoms with van der Waals surface area (Å²) in [5.74, 6) is -0.451.